The number of likely N-dealkylation sites (tertiary alicyclic amines) is 1. The van der Waals surface area contributed by atoms with Crippen LogP contribution in [0.5, 0.6) is 5.75 Å². The number of carbonyl (C=O) groups is 2. The van der Waals surface area contributed by atoms with Gasteiger partial charge >= 0.3 is 6.36 Å². The molecule has 2 N–H and O–H groups in total. The van der Waals surface area contributed by atoms with Crippen LogP contribution >= 0.6 is 0 Å². The molecule has 0 radical (unpaired) electrons. The molecule has 8 heteroatoms. The highest BCUT2D eigenvalue weighted by molar-refractivity contribution is 6.04. The molecule has 0 unspecified atom stereocenters. The number of aryl methyl sites for hydroxylation is 1. The molecule has 1 heterocycles. The Hall–Kier alpha value is -3.03. The number of piperidine rings is 1. The molecule has 29 heavy (non-hydrogen) atoms. The highest BCUT2D eigenvalue weighted by Gasteiger charge is 2.56. The quantitative estimate of drug-likeness (QED) is 0.848. The van der Waals surface area contributed by atoms with Crippen LogP contribution in [0.25, 0.3) is 11.1 Å². The summed E-state index contributed by atoms with van der Waals surface area (Å²) in [5, 5.41) is 0. The topological polar surface area (TPSA) is 72.6 Å². The Bertz CT molecular complexity index is 989. The number of rotatable bonds is 4. The van der Waals surface area contributed by atoms with Crippen LogP contribution in [0, 0.1) is 18.8 Å². The molecular formula is C21H19F3N2O3. The van der Waals surface area contributed by atoms with Gasteiger partial charge in [-0.05, 0) is 60.1 Å². The summed E-state index contributed by atoms with van der Waals surface area (Å²) in [4.78, 5) is 26.7. The number of amides is 2. The van der Waals surface area contributed by atoms with Crippen LogP contribution in [0.2, 0.25) is 0 Å². The van der Waals surface area contributed by atoms with Crippen molar-refractivity contribution in [3.8, 4) is 16.9 Å². The van der Waals surface area contributed by atoms with Crippen LogP contribution < -0.4 is 10.5 Å². The molecule has 3 atom stereocenters. The van der Waals surface area contributed by atoms with Gasteiger partial charge in [-0.2, -0.15) is 0 Å². The van der Waals surface area contributed by atoms with E-state index in [0.29, 0.717) is 23.2 Å². The van der Waals surface area contributed by atoms with E-state index in [0.717, 1.165) is 12.0 Å². The van der Waals surface area contributed by atoms with Gasteiger partial charge in [-0.3, -0.25) is 9.59 Å². The molecule has 2 aliphatic rings. The lowest BCUT2D eigenvalue weighted by Crippen LogP contribution is -2.46. The summed E-state index contributed by atoms with van der Waals surface area (Å²) < 4.78 is 41.8. The zero-order chi connectivity index (χ0) is 20.9. The minimum absolute atomic E-state index is 0.105. The molecule has 2 aromatic rings. The Labute approximate surface area is 165 Å². The molecule has 2 fully saturated rings. The summed E-state index contributed by atoms with van der Waals surface area (Å²) in [6, 6.07) is 9.97. The van der Waals surface area contributed by atoms with E-state index in [4.69, 9.17) is 5.73 Å². The number of hydrogen-bond acceptors (Lipinski definition) is 3. The Morgan fingerprint density at radius 1 is 1.17 bits per heavy atom. The zero-order valence-electron chi connectivity index (χ0n) is 15.6. The maximum Gasteiger partial charge on any atom is 0.573 e. The molecule has 4 rings (SSSR count). The van der Waals surface area contributed by atoms with E-state index in [2.05, 4.69) is 4.74 Å². The molecule has 1 aliphatic heterocycles. The number of ether oxygens (including phenoxy) is 1. The molecule has 5 nitrogen and oxygen atoms in total. The van der Waals surface area contributed by atoms with Gasteiger partial charge in [0.25, 0.3) is 5.91 Å². The van der Waals surface area contributed by atoms with Gasteiger partial charge in [-0.1, -0.05) is 24.3 Å². The van der Waals surface area contributed by atoms with Crippen LogP contribution in [0.1, 0.15) is 22.3 Å². The number of carbonyl (C=O) groups excluding carboxylic acids is 2. The number of hydrogen-bond donors (Lipinski definition) is 1. The lowest BCUT2D eigenvalue weighted by atomic mass is 9.93. The Balaban J connectivity index is 1.73. The van der Waals surface area contributed by atoms with Crippen LogP contribution in [-0.4, -0.2) is 35.7 Å². The van der Waals surface area contributed by atoms with Crippen molar-refractivity contribution in [3.05, 3.63) is 53.6 Å². The van der Waals surface area contributed by atoms with E-state index in [9.17, 15) is 22.8 Å². The summed E-state index contributed by atoms with van der Waals surface area (Å²) in [5.74, 6) is -0.851. The Kier molecular flexibility index (Phi) is 4.52. The first-order valence-electron chi connectivity index (χ1n) is 9.22. The highest BCUT2D eigenvalue weighted by Crippen LogP contribution is 2.50. The monoisotopic (exact) mass is 404 g/mol. The van der Waals surface area contributed by atoms with Crippen molar-refractivity contribution in [3.63, 3.8) is 0 Å². The summed E-state index contributed by atoms with van der Waals surface area (Å²) in [5.41, 5.74) is 7.50. The molecular weight excluding hydrogens is 385 g/mol. The molecule has 1 saturated carbocycles. The van der Waals surface area contributed by atoms with Crippen molar-refractivity contribution in [2.45, 2.75) is 25.7 Å². The molecule has 0 aromatic heterocycles. The molecule has 1 saturated heterocycles. The maximum atomic E-state index is 13.3. The number of fused-ring (bicyclic) bond motifs is 1. The predicted octanol–water partition coefficient (Wildman–Crippen LogP) is 3.51. The second kappa shape index (κ2) is 6.79. The summed E-state index contributed by atoms with van der Waals surface area (Å²) in [6.45, 7) is 2.23. The standard InChI is InChI=1S/C21H19F3N2O3/c1-11-4-2-7-15(20(28)26-10-13-9-16(13)18(26)19(25)27)17(11)12-5-3-6-14(8-12)29-21(22,23)24/h2-8,13,16,18H,9-10H2,1H3,(H2,25,27)/t13-,16-,18+/m1/s1. The number of primary amides is 1. The van der Waals surface area contributed by atoms with Gasteiger partial charge in [0.1, 0.15) is 11.8 Å². The molecule has 1 aliphatic carbocycles. The average molecular weight is 404 g/mol. The van der Waals surface area contributed by atoms with Gasteiger partial charge < -0.3 is 15.4 Å². The third-order valence-electron chi connectivity index (χ3n) is 5.56. The van der Waals surface area contributed by atoms with Gasteiger partial charge in [0.05, 0.1) is 0 Å². The van der Waals surface area contributed by atoms with Crippen molar-refractivity contribution in [1.82, 2.24) is 4.90 Å². The Morgan fingerprint density at radius 3 is 2.59 bits per heavy atom. The molecule has 152 valence electrons. The smallest absolute Gasteiger partial charge is 0.406 e. The molecule has 0 bridgehead atoms. The largest absolute Gasteiger partial charge is 0.573 e. The van der Waals surface area contributed by atoms with E-state index in [1.807, 2.05) is 0 Å². The second-order valence-electron chi connectivity index (χ2n) is 7.54. The van der Waals surface area contributed by atoms with E-state index in [1.54, 1.807) is 31.2 Å². The first-order chi connectivity index (χ1) is 13.7. The fourth-order valence-corrected chi connectivity index (χ4v) is 4.27. The maximum absolute atomic E-state index is 13.3. The van der Waals surface area contributed by atoms with Crippen molar-refractivity contribution >= 4 is 11.8 Å². The fraction of sp³-hybridized carbons (Fsp3) is 0.333. The summed E-state index contributed by atoms with van der Waals surface area (Å²) in [6.07, 6.45) is -3.93. The number of nitrogens with two attached hydrogens (primary N) is 1. The molecule has 0 spiro atoms. The first-order valence-corrected chi connectivity index (χ1v) is 9.22. The number of halogens is 3. The van der Waals surface area contributed by atoms with Crippen LogP contribution in [0.4, 0.5) is 13.2 Å². The third kappa shape index (κ3) is 3.66. The van der Waals surface area contributed by atoms with Crippen molar-refractivity contribution in [2.24, 2.45) is 17.6 Å². The Morgan fingerprint density at radius 2 is 1.90 bits per heavy atom. The molecule has 2 amide bonds. The first kappa shape index (κ1) is 19.3. The van der Waals surface area contributed by atoms with Gasteiger partial charge in [0, 0.05) is 12.1 Å². The second-order valence-corrected chi connectivity index (χ2v) is 7.54. The van der Waals surface area contributed by atoms with Gasteiger partial charge in [-0.15, -0.1) is 13.2 Å². The molecule has 2 aromatic carbocycles. The van der Waals surface area contributed by atoms with E-state index >= 15 is 0 Å². The number of nitrogens with zero attached hydrogens (tertiary/aromatic N) is 1. The van der Waals surface area contributed by atoms with Crippen LogP contribution in [0.3, 0.4) is 0 Å². The minimum Gasteiger partial charge on any atom is -0.406 e. The predicted molar refractivity (Wildman–Crippen MR) is 98.9 cm³/mol. The van der Waals surface area contributed by atoms with Crippen molar-refractivity contribution < 1.29 is 27.5 Å². The average Bonchev–Trinajstić information content (AvgIpc) is 3.28. The van der Waals surface area contributed by atoms with Gasteiger partial charge in [-0.25, -0.2) is 0 Å². The third-order valence-corrected chi connectivity index (χ3v) is 5.56. The summed E-state index contributed by atoms with van der Waals surface area (Å²) in [7, 11) is 0. The minimum atomic E-state index is -4.81. The van der Waals surface area contributed by atoms with Gasteiger partial charge in [0.2, 0.25) is 5.91 Å². The fourth-order valence-electron chi connectivity index (χ4n) is 4.27. The van der Waals surface area contributed by atoms with E-state index in [1.165, 1.54) is 23.1 Å². The summed E-state index contributed by atoms with van der Waals surface area (Å²) >= 11 is 0. The number of benzene rings is 2. The lowest BCUT2D eigenvalue weighted by Gasteiger charge is -2.26. The highest BCUT2D eigenvalue weighted by atomic mass is 19.4. The van der Waals surface area contributed by atoms with Gasteiger partial charge in [0.15, 0.2) is 0 Å². The zero-order valence-corrected chi connectivity index (χ0v) is 15.6. The van der Waals surface area contributed by atoms with Crippen molar-refractivity contribution in [1.29, 1.82) is 0 Å². The van der Waals surface area contributed by atoms with E-state index < -0.39 is 18.3 Å². The van der Waals surface area contributed by atoms with Crippen LogP contribution in [-0.2, 0) is 4.79 Å². The SMILES string of the molecule is Cc1cccc(C(=O)N2C[C@H]3C[C@H]3[C@H]2C(N)=O)c1-c1cccc(OC(F)(F)F)c1. The van der Waals surface area contributed by atoms with Crippen LogP contribution in [0.15, 0.2) is 42.5 Å². The normalized spacial score (nSPS) is 22.9. The van der Waals surface area contributed by atoms with E-state index in [-0.39, 0.29) is 23.5 Å². The lowest BCUT2D eigenvalue weighted by molar-refractivity contribution is -0.274. The van der Waals surface area contributed by atoms with Crippen molar-refractivity contribution in [2.75, 3.05) is 6.54 Å². The number of alkyl halides is 3.